The Labute approximate surface area is 166 Å². The van der Waals surface area contributed by atoms with Crippen molar-refractivity contribution in [1.82, 2.24) is 5.32 Å². The van der Waals surface area contributed by atoms with Crippen LogP contribution in [0.1, 0.15) is 37.0 Å². The average Bonchev–Trinajstić information content (AvgIpc) is 2.64. The molecule has 4 nitrogen and oxygen atoms in total. The lowest BCUT2D eigenvalue weighted by atomic mass is 10.1. The molecule has 2 rings (SSSR count). The number of carbonyl (C=O) groups is 1. The minimum Gasteiger partial charge on any atom is -0.494 e. The normalized spacial score (nSPS) is 11.7. The second-order valence-corrected chi connectivity index (χ2v) is 6.98. The molecule has 0 heterocycles. The number of hydrogen-bond acceptors (Lipinski definition) is 3. The van der Waals surface area contributed by atoms with Gasteiger partial charge in [-0.1, -0.05) is 23.7 Å². The third-order valence-corrected chi connectivity index (χ3v) is 4.86. The van der Waals surface area contributed by atoms with Crippen LogP contribution in [0.25, 0.3) is 0 Å². The number of amides is 1. The zero-order valence-corrected chi connectivity index (χ0v) is 17.2. The van der Waals surface area contributed by atoms with E-state index in [1.165, 1.54) is 5.56 Å². The number of hydrogen-bond donors (Lipinski definition) is 1. The molecule has 1 atom stereocenters. The smallest absolute Gasteiger partial charge is 0.260 e. The molecule has 0 fully saturated rings. The second kappa shape index (κ2) is 10.2. The molecule has 146 valence electrons. The van der Waals surface area contributed by atoms with Crippen molar-refractivity contribution in [2.45, 2.75) is 46.6 Å². The number of rotatable bonds is 9. The minimum atomic E-state index is -0.560. The van der Waals surface area contributed by atoms with Crippen molar-refractivity contribution in [3.63, 3.8) is 0 Å². The third-order valence-electron chi connectivity index (χ3n) is 4.27. The Kier molecular flexibility index (Phi) is 7.99. The van der Waals surface area contributed by atoms with Crippen molar-refractivity contribution in [2.75, 3.05) is 13.2 Å². The fourth-order valence-corrected chi connectivity index (χ4v) is 2.91. The Morgan fingerprint density at radius 1 is 1.11 bits per heavy atom. The van der Waals surface area contributed by atoms with Crippen molar-refractivity contribution in [2.24, 2.45) is 0 Å². The number of nitrogens with one attached hydrogen (secondary N) is 1. The largest absolute Gasteiger partial charge is 0.494 e. The van der Waals surface area contributed by atoms with Gasteiger partial charge in [-0.15, -0.1) is 0 Å². The van der Waals surface area contributed by atoms with E-state index >= 15 is 0 Å². The molecule has 0 bridgehead atoms. The summed E-state index contributed by atoms with van der Waals surface area (Å²) in [6.07, 6.45) is 1.21. The Bertz CT molecular complexity index is 736. The van der Waals surface area contributed by atoms with Crippen LogP contribution in [0.5, 0.6) is 11.5 Å². The van der Waals surface area contributed by atoms with Gasteiger partial charge in [0.15, 0.2) is 6.10 Å². The zero-order chi connectivity index (χ0) is 19.8. The first-order valence-corrected chi connectivity index (χ1v) is 9.71. The molecular formula is C22H28ClNO3. The average molecular weight is 390 g/mol. The van der Waals surface area contributed by atoms with E-state index in [2.05, 4.69) is 17.4 Å². The van der Waals surface area contributed by atoms with Crippen LogP contribution in [0.15, 0.2) is 36.4 Å². The van der Waals surface area contributed by atoms with Gasteiger partial charge in [0.25, 0.3) is 5.91 Å². The fourth-order valence-electron chi connectivity index (χ4n) is 2.80. The molecule has 0 radical (unpaired) electrons. The van der Waals surface area contributed by atoms with E-state index in [1.807, 2.05) is 45.0 Å². The Morgan fingerprint density at radius 2 is 1.74 bits per heavy atom. The van der Waals surface area contributed by atoms with Crippen molar-refractivity contribution >= 4 is 17.5 Å². The summed E-state index contributed by atoms with van der Waals surface area (Å²) in [6.45, 7) is 8.85. The highest BCUT2D eigenvalue weighted by molar-refractivity contribution is 6.32. The lowest BCUT2D eigenvalue weighted by molar-refractivity contribution is -0.127. The second-order valence-electron chi connectivity index (χ2n) is 6.60. The molecule has 1 amide bonds. The summed E-state index contributed by atoms with van der Waals surface area (Å²) in [5.74, 6) is 1.42. The van der Waals surface area contributed by atoms with E-state index in [1.54, 1.807) is 6.92 Å². The molecule has 0 saturated carbocycles. The third kappa shape index (κ3) is 6.47. The van der Waals surface area contributed by atoms with Crippen LogP contribution in [-0.2, 0) is 11.2 Å². The van der Waals surface area contributed by atoms with Crippen LogP contribution in [0.2, 0.25) is 5.02 Å². The van der Waals surface area contributed by atoms with Crippen LogP contribution in [-0.4, -0.2) is 25.2 Å². The van der Waals surface area contributed by atoms with Gasteiger partial charge in [-0.2, -0.15) is 0 Å². The lowest BCUT2D eigenvalue weighted by Crippen LogP contribution is -2.37. The maximum Gasteiger partial charge on any atom is 0.260 e. The molecule has 0 spiro atoms. The molecule has 0 aromatic heterocycles. The summed E-state index contributed by atoms with van der Waals surface area (Å²) in [4.78, 5) is 12.2. The van der Waals surface area contributed by atoms with Gasteiger partial charge in [0.05, 0.1) is 6.61 Å². The fraction of sp³-hybridized carbons (Fsp3) is 0.409. The first kappa shape index (κ1) is 21.1. The monoisotopic (exact) mass is 389 g/mol. The first-order chi connectivity index (χ1) is 12.9. The van der Waals surface area contributed by atoms with Gasteiger partial charge in [-0.05, 0) is 81.5 Å². The lowest BCUT2D eigenvalue weighted by Gasteiger charge is -2.16. The highest BCUT2D eigenvalue weighted by atomic mass is 35.5. The van der Waals surface area contributed by atoms with E-state index in [0.29, 0.717) is 18.9 Å². The number of ether oxygens (including phenoxy) is 2. The van der Waals surface area contributed by atoms with E-state index in [4.69, 9.17) is 21.1 Å². The van der Waals surface area contributed by atoms with E-state index in [-0.39, 0.29) is 5.91 Å². The van der Waals surface area contributed by atoms with E-state index < -0.39 is 6.10 Å². The van der Waals surface area contributed by atoms with Gasteiger partial charge in [0.1, 0.15) is 11.5 Å². The highest BCUT2D eigenvalue weighted by Gasteiger charge is 2.15. The summed E-state index contributed by atoms with van der Waals surface area (Å²) >= 11 is 6.17. The summed E-state index contributed by atoms with van der Waals surface area (Å²) in [5.41, 5.74) is 3.10. The molecule has 27 heavy (non-hydrogen) atoms. The molecule has 0 saturated heterocycles. The van der Waals surface area contributed by atoms with Gasteiger partial charge in [0, 0.05) is 11.6 Å². The molecule has 1 unspecified atom stereocenters. The van der Waals surface area contributed by atoms with Crippen LogP contribution >= 0.6 is 11.6 Å². The summed E-state index contributed by atoms with van der Waals surface area (Å²) in [7, 11) is 0. The topological polar surface area (TPSA) is 47.6 Å². The molecule has 2 aromatic carbocycles. The summed E-state index contributed by atoms with van der Waals surface area (Å²) in [5, 5.41) is 3.66. The molecule has 0 aliphatic heterocycles. The Morgan fingerprint density at radius 3 is 2.33 bits per heavy atom. The van der Waals surface area contributed by atoms with Crippen molar-refractivity contribution in [1.29, 1.82) is 0 Å². The first-order valence-electron chi connectivity index (χ1n) is 9.33. The van der Waals surface area contributed by atoms with E-state index in [9.17, 15) is 4.79 Å². The van der Waals surface area contributed by atoms with Gasteiger partial charge >= 0.3 is 0 Å². The predicted octanol–water partition coefficient (Wildman–Crippen LogP) is 4.87. The molecule has 0 aliphatic rings. The SMILES string of the molecule is CCOc1ccc(CCCNC(=O)C(C)Oc2cc(C)c(Cl)c(C)c2)cc1. The van der Waals surface area contributed by atoms with Crippen LogP contribution in [0.3, 0.4) is 0 Å². The van der Waals surface area contributed by atoms with Crippen LogP contribution < -0.4 is 14.8 Å². The van der Waals surface area contributed by atoms with Gasteiger partial charge in [0.2, 0.25) is 0 Å². The van der Waals surface area contributed by atoms with Gasteiger partial charge < -0.3 is 14.8 Å². The number of halogens is 1. The van der Waals surface area contributed by atoms with Gasteiger partial charge in [-0.3, -0.25) is 4.79 Å². The van der Waals surface area contributed by atoms with E-state index in [0.717, 1.165) is 34.7 Å². The zero-order valence-electron chi connectivity index (χ0n) is 16.5. The molecule has 5 heteroatoms. The van der Waals surface area contributed by atoms with Crippen LogP contribution in [0, 0.1) is 13.8 Å². The molecule has 2 aromatic rings. The van der Waals surface area contributed by atoms with Crippen molar-refractivity contribution in [3.05, 3.63) is 58.1 Å². The summed E-state index contributed by atoms with van der Waals surface area (Å²) in [6, 6.07) is 11.8. The maximum absolute atomic E-state index is 12.2. The molecule has 0 aliphatic carbocycles. The highest BCUT2D eigenvalue weighted by Crippen LogP contribution is 2.26. The number of benzene rings is 2. The summed E-state index contributed by atoms with van der Waals surface area (Å²) < 4.78 is 11.2. The Balaban J connectivity index is 1.75. The van der Waals surface area contributed by atoms with Crippen molar-refractivity contribution < 1.29 is 14.3 Å². The minimum absolute atomic E-state index is 0.119. The number of carbonyl (C=O) groups excluding carboxylic acids is 1. The van der Waals surface area contributed by atoms with Crippen molar-refractivity contribution in [3.8, 4) is 11.5 Å². The molecular weight excluding hydrogens is 362 g/mol. The van der Waals surface area contributed by atoms with Gasteiger partial charge in [-0.25, -0.2) is 0 Å². The molecule has 1 N–H and O–H groups in total. The number of aryl methyl sites for hydroxylation is 3. The van der Waals surface area contributed by atoms with Crippen LogP contribution in [0.4, 0.5) is 0 Å². The Hall–Kier alpha value is -2.20. The predicted molar refractivity (Wildman–Crippen MR) is 110 cm³/mol. The standard InChI is InChI=1S/C22H28ClNO3/c1-5-26-19-10-8-18(9-11-19)7-6-12-24-22(25)17(4)27-20-13-15(2)21(23)16(3)14-20/h8-11,13-14,17H,5-7,12H2,1-4H3,(H,24,25). The maximum atomic E-state index is 12.2. The quantitative estimate of drug-likeness (QED) is 0.622.